The molecular weight excluding hydrogens is 1290 g/mol. The van der Waals surface area contributed by atoms with E-state index in [9.17, 15) is 43.2 Å². The van der Waals surface area contributed by atoms with Crippen LogP contribution in [0.15, 0.2) is 0 Å². The van der Waals surface area contributed by atoms with Crippen molar-refractivity contribution in [3.05, 3.63) is 0 Å². The third-order valence-electron chi connectivity index (χ3n) is 19.1. The van der Waals surface area contributed by atoms with Crippen LogP contribution < -0.4 is 0 Å². The lowest BCUT2D eigenvalue weighted by atomic mass is 9.99. The molecule has 0 aliphatic rings. The molecule has 0 spiro atoms. The molecule has 0 radical (unpaired) electrons. The van der Waals surface area contributed by atoms with E-state index in [0.29, 0.717) is 25.7 Å². The van der Waals surface area contributed by atoms with Gasteiger partial charge in [-0.3, -0.25) is 37.3 Å². The summed E-state index contributed by atoms with van der Waals surface area (Å²) in [6.45, 7) is 7.37. The molecule has 0 saturated heterocycles. The average molecular weight is 1450 g/mol. The van der Waals surface area contributed by atoms with E-state index in [1.54, 1.807) is 0 Å². The number of aliphatic hydroxyl groups is 1. The molecule has 0 fully saturated rings. The van der Waals surface area contributed by atoms with Crippen molar-refractivity contribution in [3.8, 4) is 0 Å². The van der Waals surface area contributed by atoms with Gasteiger partial charge in [-0.25, -0.2) is 9.13 Å². The predicted molar refractivity (Wildman–Crippen MR) is 405 cm³/mol. The number of phosphoric ester groups is 2. The van der Waals surface area contributed by atoms with Gasteiger partial charge in [0.05, 0.1) is 26.4 Å². The minimum atomic E-state index is -4.96. The van der Waals surface area contributed by atoms with Gasteiger partial charge in [-0.1, -0.05) is 375 Å². The summed E-state index contributed by atoms with van der Waals surface area (Å²) < 4.78 is 68.6. The number of carbonyl (C=O) groups excluding carboxylic acids is 4. The van der Waals surface area contributed by atoms with Crippen LogP contribution in [0.3, 0.4) is 0 Å². The molecule has 0 saturated carbocycles. The van der Waals surface area contributed by atoms with Crippen molar-refractivity contribution in [3.63, 3.8) is 0 Å². The summed E-state index contributed by atoms with van der Waals surface area (Å²) in [5.41, 5.74) is 0. The predicted octanol–water partition coefficient (Wildman–Crippen LogP) is 24.0. The van der Waals surface area contributed by atoms with Gasteiger partial charge in [-0.05, 0) is 31.6 Å². The second-order valence-corrected chi connectivity index (χ2v) is 32.0. The number of phosphoric acid groups is 2. The second-order valence-electron chi connectivity index (χ2n) is 29.1. The number of hydrogen-bond donors (Lipinski definition) is 3. The molecule has 0 aliphatic heterocycles. The fraction of sp³-hybridized carbons (Fsp3) is 0.950. The topological polar surface area (TPSA) is 237 Å². The zero-order chi connectivity index (χ0) is 72.7. The number of carbonyl (C=O) groups is 4. The molecule has 3 N–H and O–H groups in total. The number of ether oxygens (including phenoxy) is 4. The minimum absolute atomic E-state index is 0.107. The van der Waals surface area contributed by atoms with Crippen LogP contribution in [0, 0.1) is 5.92 Å². The Balaban J connectivity index is 5.18. The number of hydrogen-bond acceptors (Lipinski definition) is 15. The van der Waals surface area contributed by atoms with E-state index in [1.165, 1.54) is 250 Å². The van der Waals surface area contributed by atoms with Gasteiger partial charge in [-0.2, -0.15) is 0 Å². The van der Waals surface area contributed by atoms with Gasteiger partial charge >= 0.3 is 39.5 Å². The molecule has 6 atom stereocenters. The van der Waals surface area contributed by atoms with Crippen molar-refractivity contribution < 1.29 is 80.2 Å². The molecule has 588 valence electrons. The van der Waals surface area contributed by atoms with Crippen LogP contribution in [-0.2, 0) is 65.4 Å². The maximum absolute atomic E-state index is 13.1. The van der Waals surface area contributed by atoms with Crippen molar-refractivity contribution in [1.82, 2.24) is 0 Å². The summed E-state index contributed by atoms with van der Waals surface area (Å²) in [7, 11) is -9.91. The van der Waals surface area contributed by atoms with Crippen molar-refractivity contribution >= 4 is 39.5 Å². The molecule has 0 aromatic carbocycles. The van der Waals surface area contributed by atoms with Crippen molar-refractivity contribution in [2.75, 3.05) is 39.6 Å². The van der Waals surface area contributed by atoms with Crippen LogP contribution in [0.2, 0.25) is 0 Å². The first-order valence-corrected chi connectivity index (χ1v) is 44.7. The van der Waals surface area contributed by atoms with Crippen molar-refractivity contribution in [2.24, 2.45) is 5.92 Å². The summed E-state index contributed by atoms with van der Waals surface area (Å²) in [5.74, 6) is -1.24. The summed E-state index contributed by atoms with van der Waals surface area (Å²) in [5, 5.41) is 10.6. The van der Waals surface area contributed by atoms with E-state index in [1.807, 2.05) is 0 Å². The molecular formula is C80H156O17P2. The van der Waals surface area contributed by atoms with Gasteiger partial charge < -0.3 is 33.8 Å². The molecule has 99 heavy (non-hydrogen) atoms. The summed E-state index contributed by atoms with van der Waals surface area (Å²) >= 11 is 0. The zero-order valence-corrected chi connectivity index (χ0v) is 66.4. The van der Waals surface area contributed by atoms with Gasteiger partial charge in [0.2, 0.25) is 0 Å². The van der Waals surface area contributed by atoms with E-state index in [0.717, 1.165) is 95.8 Å². The monoisotopic (exact) mass is 1450 g/mol. The van der Waals surface area contributed by atoms with Crippen LogP contribution in [0.4, 0.5) is 0 Å². The maximum atomic E-state index is 13.1. The average Bonchev–Trinajstić information content (AvgIpc) is 1.07. The van der Waals surface area contributed by atoms with Gasteiger partial charge in [0.15, 0.2) is 12.2 Å². The van der Waals surface area contributed by atoms with E-state index in [-0.39, 0.29) is 25.7 Å². The minimum Gasteiger partial charge on any atom is -0.462 e. The van der Waals surface area contributed by atoms with Gasteiger partial charge in [0.25, 0.3) is 0 Å². The highest BCUT2D eigenvalue weighted by atomic mass is 31.2. The van der Waals surface area contributed by atoms with Crippen LogP contribution >= 0.6 is 15.6 Å². The molecule has 3 unspecified atom stereocenters. The summed E-state index contributed by atoms with van der Waals surface area (Å²) in [6.07, 6.45) is 63.8. The third-order valence-corrected chi connectivity index (χ3v) is 21.0. The summed E-state index contributed by atoms with van der Waals surface area (Å²) in [6, 6.07) is 0. The lowest BCUT2D eigenvalue weighted by molar-refractivity contribution is -0.161. The van der Waals surface area contributed by atoms with E-state index in [2.05, 4.69) is 34.6 Å². The molecule has 19 heteroatoms. The molecule has 0 bridgehead atoms. The second kappa shape index (κ2) is 73.0. The Morgan fingerprint density at radius 2 is 0.485 bits per heavy atom. The Labute approximate surface area is 607 Å². The smallest absolute Gasteiger partial charge is 0.462 e. The lowest BCUT2D eigenvalue weighted by Gasteiger charge is -2.21. The van der Waals surface area contributed by atoms with E-state index in [4.69, 9.17) is 37.0 Å². The summed E-state index contributed by atoms with van der Waals surface area (Å²) in [4.78, 5) is 72.9. The normalized spacial score (nSPS) is 14.1. The zero-order valence-electron chi connectivity index (χ0n) is 64.6. The maximum Gasteiger partial charge on any atom is 0.472 e. The number of aliphatic hydroxyl groups excluding tert-OH is 1. The number of esters is 4. The highest BCUT2D eigenvalue weighted by Gasteiger charge is 2.30. The fourth-order valence-electron chi connectivity index (χ4n) is 12.4. The van der Waals surface area contributed by atoms with Crippen LogP contribution in [0.1, 0.15) is 426 Å². The van der Waals surface area contributed by atoms with Crippen LogP contribution in [0.25, 0.3) is 0 Å². The SMILES string of the molecule is CCCCCCCCCCCCCCCCCCCC(=O)OC[C@H](COP(=O)(O)OC[C@@H](O)COP(=O)(O)OC[C@@H](COC(=O)CCCCCCCCCCCC)OC(=O)CCCCCCCCCCCC)OC(=O)CCCCCCCCCCCCCCCCCCCCC(C)CC. The third kappa shape index (κ3) is 72.8. The van der Waals surface area contributed by atoms with Crippen LogP contribution in [0.5, 0.6) is 0 Å². The van der Waals surface area contributed by atoms with Crippen LogP contribution in [-0.4, -0.2) is 96.7 Å². The number of unbranched alkanes of at least 4 members (excludes halogenated alkanes) is 51. The highest BCUT2D eigenvalue weighted by Crippen LogP contribution is 2.45. The molecule has 0 aromatic rings. The highest BCUT2D eigenvalue weighted by molar-refractivity contribution is 7.47. The molecule has 0 rings (SSSR count). The lowest BCUT2D eigenvalue weighted by Crippen LogP contribution is -2.30. The van der Waals surface area contributed by atoms with Crippen molar-refractivity contribution in [2.45, 2.75) is 445 Å². The standard InChI is InChI=1S/C80H156O17P2/c1-6-10-13-16-19-22-25-26-27-30-34-37-40-45-49-54-59-64-78(83)91-70-76(97-80(85)66-61-56-51-46-41-38-35-32-29-28-31-33-36-39-42-47-52-57-62-73(5)9-4)72-95-99(88,89)93-68-74(81)67-92-98(86,87)94-71-75(96-79(84)65-60-55-50-44-24-21-18-15-12-8-3)69-90-77(82)63-58-53-48-43-23-20-17-14-11-7-2/h73-76,81H,6-72H2,1-5H3,(H,86,87)(H,88,89)/t73?,74-,75+,76+/m0/s1. The van der Waals surface area contributed by atoms with Gasteiger partial charge in [0.1, 0.15) is 19.3 Å². The Morgan fingerprint density at radius 3 is 0.717 bits per heavy atom. The Kier molecular flexibility index (Phi) is 71.6. The van der Waals surface area contributed by atoms with E-state index >= 15 is 0 Å². The first-order chi connectivity index (χ1) is 48.1. The van der Waals surface area contributed by atoms with E-state index < -0.39 is 97.5 Å². The number of rotatable bonds is 80. The Bertz CT molecular complexity index is 1890. The van der Waals surface area contributed by atoms with Gasteiger partial charge in [-0.15, -0.1) is 0 Å². The molecule has 0 amide bonds. The molecule has 0 heterocycles. The molecule has 0 aromatic heterocycles. The molecule has 17 nitrogen and oxygen atoms in total. The Hall–Kier alpha value is -1.94. The first kappa shape index (κ1) is 97.1. The fourth-order valence-corrected chi connectivity index (χ4v) is 14.0. The molecule has 0 aliphatic carbocycles. The van der Waals surface area contributed by atoms with Crippen molar-refractivity contribution in [1.29, 1.82) is 0 Å². The largest absolute Gasteiger partial charge is 0.472 e. The van der Waals surface area contributed by atoms with Gasteiger partial charge in [0, 0.05) is 25.7 Å². The first-order valence-electron chi connectivity index (χ1n) is 41.7. The quantitative estimate of drug-likeness (QED) is 0.0222. The Morgan fingerprint density at radius 1 is 0.283 bits per heavy atom.